The number of fused-ring (bicyclic) bond motifs is 5. The lowest BCUT2D eigenvalue weighted by atomic mass is 9.47. The Bertz CT molecular complexity index is 624. The van der Waals surface area contributed by atoms with Crippen molar-refractivity contribution in [2.24, 2.45) is 46.3 Å². The Balaban J connectivity index is 1.49. The standard InChI is InChI=1S/C27H46O2/c1-17(2)25(29)11-6-18(3)22-9-10-23-21-8-7-19-16-20(28)12-14-26(19,4)24(21)13-15-27(22,23)5/h7,17-18,20-25,28-29H,6,8-16H2,1-5H3/t18-,20+,21?,22-,23?,24?,25-,26+,27-/m1/s1. The Kier molecular flexibility index (Phi) is 6.01. The second kappa shape index (κ2) is 7.97. The van der Waals surface area contributed by atoms with Gasteiger partial charge < -0.3 is 10.2 Å². The van der Waals surface area contributed by atoms with Crippen molar-refractivity contribution in [1.29, 1.82) is 0 Å². The van der Waals surface area contributed by atoms with E-state index in [1.165, 1.54) is 44.9 Å². The third-order valence-electron chi connectivity index (χ3n) is 10.5. The van der Waals surface area contributed by atoms with E-state index in [-0.39, 0.29) is 12.2 Å². The van der Waals surface area contributed by atoms with Crippen LogP contribution in [0, 0.1) is 46.3 Å². The fourth-order valence-electron chi connectivity index (χ4n) is 8.59. The fourth-order valence-corrected chi connectivity index (χ4v) is 8.59. The van der Waals surface area contributed by atoms with Gasteiger partial charge in [0, 0.05) is 0 Å². The molecule has 0 aliphatic heterocycles. The molecule has 0 bridgehead atoms. The summed E-state index contributed by atoms with van der Waals surface area (Å²) in [6, 6.07) is 0. The van der Waals surface area contributed by atoms with Gasteiger partial charge in [-0.3, -0.25) is 0 Å². The number of aliphatic hydroxyl groups excluding tert-OH is 2. The highest BCUT2D eigenvalue weighted by molar-refractivity contribution is 5.25. The van der Waals surface area contributed by atoms with E-state index >= 15 is 0 Å². The van der Waals surface area contributed by atoms with E-state index in [4.69, 9.17) is 0 Å². The van der Waals surface area contributed by atoms with Crippen LogP contribution in [0.3, 0.4) is 0 Å². The van der Waals surface area contributed by atoms with Gasteiger partial charge in [0.05, 0.1) is 12.2 Å². The molecule has 2 N–H and O–H groups in total. The van der Waals surface area contributed by atoms with Gasteiger partial charge in [0.15, 0.2) is 0 Å². The zero-order valence-corrected chi connectivity index (χ0v) is 19.7. The second-order valence-corrected chi connectivity index (χ2v) is 12.3. The van der Waals surface area contributed by atoms with Crippen LogP contribution in [0.25, 0.3) is 0 Å². The van der Waals surface area contributed by atoms with Gasteiger partial charge in [-0.2, -0.15) is 0 Å². The zero-order chi connectivity index (χ0) is 21.0. The van der Waals surface area contributed by atoms with Crippen LogP contribution < -0.4 is 0 Å². The van der Waals surface area contributed by atoms with Crippen molar-refractivity contribution in [2.45, 2.75) is 111 Å². The minimum absolute atomic E-state index is 0.0994. The maximum absolute atomic E-state index is 10.3. The Morgan fingerprint density at radius 2 is 1.76 bits per heavy atom. The molecule has 2 nitrogen and oxygen atoms in total. The van der Waals surface area contributed by atoms with E-state index in [9.17, 15) is 10.2 Å². The summed E-state index contributed by atoms with van der Waals surface area (Å²) in [6.45, 7) is 11.9. The molecule has 3 unspecified atom stereocenters. The largest absolute Gasteiger partial charge is 0.393 e. The number of rotatable bonds is 5. The van der Waals surface area contributed by atoms with Crippen LogP contribution in [0.1, 0.15) is 98.8 Å². The summed E-state index contributed by atoms with van der Waals surface area (Å²) in [5, 5.41) is 20.5. The topological polar surface area (TPSA) is 40.5 Å². The average molecular weight is 403 g/mol. The van der Waals surface area contributed by atoms with Crippen molar-refractivity contribution in [3.8, 4) is 0 Å². The van der Waals surface area contributed by atoms with Gasteiger partial charge in [-0.15, -0.1) is 0 Å². The normalized spacial score (nSPS) is 46.5. The summed E-state index contributed by atoms with van der Waals surface area (Å²) in [7, 11) is 0. The van der Waals surface area contributed by atoms with Crippen LogP contribution in [-0.4, -0.2) is 22.4 Å². The molecule has 9 atom stereocenters. The molecule has 166 valence electrons. The van der Waals surface area contributed by atoms with E-state index in [2.05, 4.69) is 40.7 Å². The van der Waals surface area contributed by atoms with Crippen LogP contribution in [0.15, 0.2) is 11.6 Å². The second-order valence-electron chi connectivity index (χ2n) is 12.3. The molecule has 0 aromatic carbocycles. The van der Waals surface area contributed by atoms with Crippen molar-refractivity contribution in [1.82, 2.24) is 0 Å². The highest BCUT2D eigenvalue weighted by atomic mass is 16.3. The average Bonchev–Trinajstić information content (AvgIpc) is 3.03. The van der Waals surface area contributed by atoms with Gasteiger partial charge in [0.1, 0.15) is 0 Å². The van der Waals surface area contributed by atoms with Gasteiger partial charge in [-0.25, -0.2) is 0 Å². The number of hydrogen-bond acceptors (Lipinski definition) is 2. The molecule has 4 aliphatic carbocycles. The van der Waals surface area contributed by atoms with Crippen LogP contribution in [0.4, 0.5) is 0 Å². The lowest BCUT2D eigenvalue weighted by Crippen LogP contribution is -2.50. The first kappa shape index (κ1) is 21.9. The van der Waals surface area contributed by atoms with E-state index in [0.717, 1.165) is 48.9 Å². The molecule has 0 aromatic heterocycles. The van der Waals surface area contributed by atoms with Gasteiger partial charge in [-0.05, 0) is 111 Å². The lowest BCUT2D eigenvalue weighted by Gasteiger charge is -2.58. The van der Waals surface area contributed by atoms with Crippen LogP contribution >= 0.6 is 0 Å². The molecule has 2 heteroatoms. The summed E-state index contributed by atoms with van der Waals surface area (Å²) in [4.78, 5) is 0. The molecule has 29 heavy (non-hydrogen) atoms. The monoisotopic (exact) mass is 402 g/mol. The molecule has 0 aromatic rings. The number of allylic oxidation sites excluding steroid dienone is 1. The van der Waals surface area contributed by atoms with E-state index in [1.54, 1.807) is 5.57 Å². The van der Waals surface area contributed by atoms with Gasteiger partial charge in [0.2, 0.25) is 0 Å². The van der Waals surface area contributed by atoms with E-state index in [1.807, 2.05) is 0 Å². The SMILES string of the molecule is CC(C)[C@H](O)CC[C@@H](C)[C@H]1CCC2C3CC=C4C[C@@H](O)CC[C@]4(C)C3CC[C@@]21C. The first-order chi connectivity index (χ1) is 13.7. The molecular formula is C27H46O2. The molecular weight excluding hydrogens is 356 g/mol. The van der Waals surface area contributed by atoms with Crippen molar-refractivity contribution in [3.63, 3.8) is 0 Å². The smallest absolute Gasteiger partial charge is 0.0577 e. The summed E-state index contributed by atoms with van der Waals surface area (Å²) < 4.78 is 0. The number of hydrogen-bond donors (Lipinski definition) is 2. The van der Waals surface area contributed by atoms with Crippen molar-refractivity contribution >= 4 is 0 Å². The first-order valence-corrected chi connectivity index (χ1v) is 12.7. The quantitative estimate of drug-likeness (QED) is 0.525. The molecule has 4 rings (SSSR count). The Morgan fingerprint density at radius 1 is 1.00 bits per heavy atom. The lowest BCUT2D eigenvalue weighted by molar-refractivity contribution is -0.0579. The van der Waals surface area contributed by atoms with E-state index < -0.39 is 0 Å². The van der Waals surface area contributed by atoms with E-state index in [0.29, 0.717) is 16.7 Å². The highest BCUT2D eigenvalue weighted by Crippen LogP contribution is 2.67. The minimum atomic E-state index is -0.137. The molecule has 0 radical (unpaired) electrons. The molecule has 0 saturated heterocycles. The maximum Gasteiger partial charge on any atom is 0.0577 e. The van der Waals surface area contributed by atoms with Crippen molar-refractivity contribution in [3.05, 3.63) is 11.6 Å². The van der Waals surface area contributed by atoms with Gasteiger partial charge in [0.25, 0.3) is 0 Å². The summed E-state index contributed by atoms with van der Waals surface area (Å²) in [6.07, 6.45) is 14.4. The predicted octanol–water partition coefficient (Wildman–Crippen LogP) is 6.36. The molecule has 0 heterocycles. The summed E-state index contributed by atoms with van der Waals surface area (Å²) in [5.74, 6) is 4.51. The molecule has 0 spiro atoms. The van der Waals surface area contributed by atoms with Crippen LogP contribution in [0.5, 0.6) is 0 Å². The summed E-state index contributed by atoms with van der Waals surface area (Å²) >= 11 is 0. The Labute approximate surface area is 179 Å². The van der Waals surface area contributed by atoms with Crippen LogP contribution in [0.2, 0.25) is 0 Å². The first-order valence-electron chi connectivity index (χ1n) is 12.7. The summed E-state index contributed by atoms with van der Waals surface area (Å²) in [5.41, 5.74) is 2.44. The van der Waals surface area contributed by atoms with Crippen molar-refractivity contribution in [2.75, 3.05) is 0 Å². The Morgan fingerprint density at radius 3 is 2.48 bits per heavy atom. The third-order valence-corrected chi connectivity index (χ3v) is 10.5. The number of aliphatic hydroxyl groups is 2. The van der Waals surface area contributed by atoms with Gasteiger partial charge >= 0.3 is 0 Å². The van der Waals surface area contributed by atoms with Crippen molar-refractivity contribution < 1.29 is 10.2 Å². The fraction of sp³-hybridized carbons (Fsp3) is 0.926. The highest BCUT2D eigenvalue weighted by Gasteiger charge is 2.59. The maximum atomic E-state index is 10.3. The predicted molar refractivity (Wildman–Crippen MR) is 120 cm³/mol. The minimum Gasteiger partial charge on any atom is -0.393 e. The van der Waals surface area contributed by atoms with Gasteiger partial charge in [-0.1, -0.05) is 46.3 Å². The third kappa shape index (κ3) is 3.65. The Hall–Kier alpha value is -0.340. The molecule has 4 aliphatic rings. The van der Waals surface area contributed by atoms with Crippen LogP contribution in [-0.2, 0) is 0 Å². The molecule has 3 fully saturated rings. The molecule has 0 amide bonds. The zero-order valence-electron chi connectivity index (χ0n) is 19.7. The molecule has 3 saturated carbocycles.